The number of aromatic nitrogens is 1. The molecule has 6 heteroatoms. The molecule has 29 heavy (non-hydrogen) atoms. The van der Waals surface area contributed by atoms with Gasteiger partial charge in [-0.25, -0.2) is 4.39 Å². The van der Waals surface area contributed by atoms with Gasteiger partial charge in [-0.15, -0.1) is 0 Å². The molecule has 144 valence electrons. The highest BCUT2D eigenvalue weighted by Gasteiger charge is 2.39. The van der Waals surface area contributed by atoms with Crippen molar-refractivity contribution in [2.45, 2.75) is 13.5 Å². The van der Waals surface area contributed by atoms with Crippen LogP contribution in [0.2, 0.25) is 0 Å². The first-order valence-corrected chi connectivity index (χ1v) is 9.12. The number of amides is 2. The minimum absolute atomic E-state index is 0.106. The largest absolute Gasteiger partial charge is 0.350 e. The molecule has 1 aliphatic heterocycles. The van der Waals surface area contributed by atoms with Crippen LogP contribution < -0.4 is 5.32 Å². The van der Waals surface area contributed by atoms with Crippen LogP contribution in [0.4, 0.5) is 10.1 Å². The van der Waals surface area contributed by atoms with Crippen LogP contribution in [0.3, 0.4) is 0 Å². The van der Waals surface area contributed by atoms with Crippen LogP contribution >= 0.6 is 0 Å². The van der Waals surface area contributed by atoms with Gasteiger partial charge in [0.1, 0.15) is 11.5 Å². The number of imide groups is 1. The number of halogens is 1. The van der Waals surface area contributed by atoms with E-state index in [1.165, 1.54) is 29.2 Å². The molecule has 0 atom stereocenters. The molecule has 0 bridgehead atoms. The Kier molecular flexibility index (Phi) is 4.91. The highest BCUT2D eigenvalue weighted by atomic mass is 19.1. The molecule has 1 aliphatic rings. The second kappa shape index (κ2) is 7.67. The minimum Gasteiger partial charge on any atom is -0.350 e. The summed E-state index contributed by atoms with van der Waals surface area (Å²) in [4.78, 5) is 31.5. The fourth-order valence-electron chi connectivity index (χ4n) is 3.18. The van der Waals surface area contributed by atoms with Crippen molar-refractivity contribution in [1.29, 1.82) is 0 Å². The lowest BCUT2D eigenvalue weighted by Gasteiger charge is -2.15. The molecule has 0 saturated heterocycles. The number of anilines is 1. The van der Waals surface area contributed by atoms with Crippen molar-refractivity contribution >= 4 is 23.1 Å². The van der Waals surface area contributed by atoms with Gasteiger partial charge < -0.3 is 5.32 Å². The number of pyridine rings is 1. The molecule has 2 amide bonds. The average Bonchev–Trinajstić information content (AvgIpc) is 2.95. The van der Waals surface area contributed by atoms with E-state index < -0.39 is 17.6 Å². The Morgan fingerprint density at radius 2 is 1.69 bits per heavy atom. The monoisotopic (exact) mass is 387 g/mol. The lowest BCUT2D eigenvalue weighted by Crippen LogP contribution is -2.32. The second-order valence-electron chi connectivity index (χ2n) is 6.81. The first-order valence-electron chi connectivity index (χ1n) is 9.12. The molecule has 3 aromatic rings. The van der Waals surface area contributed by atoms with Gasteiger partial charge >= 0.3 is 0 Å². The predicted molar refractivity (Wildman–Crippen MR) is 108 cm³/mol. The van der Waals surface area contributed by atoms with Crippen LogP contribution in [0.15, 0.2) is 78.8 Å². The van der Waals surface area contributed by atoms with Crippen LogP contribution in [0.25, 0.3) is 5.57 Å². The van der Waals surface area contributed by atoms with Gasteiger partial charge in [0.2, 0.25) is 0 Å². The number of hydrogen-bond acceptors (Lipinski definition) is 4. The summed E-state index contributed by atoms with van der Waals surface area (Å²) in [5, 5.41) is 3.09. The minimum atomic E-state index is -0.432. The highest BCUT2D eigenvalue weighted by Crippen LogP contribution is 2.31. The maximum Gasteiger partial charge on any atom is 0.278 e. The van der Waals surface area contributed by atoms with Crippen molar-refractivity contribution in [2.75, 3.05) is 5.32 Å². The molecule has 1 N–H and O–H groups in total. The normalized spacial score (nSPS) is 13.9. The van der Waals surface area contributed by atoms with Crippen molar-refractivity contribution in [3.8, 4) is 0 Å². The lowest BCUT2D eigenvalue weighted by atomic mass is 10.0. The summed E-state index contributed by atoms with van der Waals surface area (Å²) in [6.45, 7) is 2.07. The third-order valence-corrected chi connectivity index (χ3v) is 4.69. The molecule has 0 spiro atoms. The summed E-state index contributed by atoms with van der Waals surface area (Å²) < 4.78 is 13.4. The molecule has 0 fully saturated rings. The molecule has 2 aromatic carbocycles. The summed E-state index contributed by atoms with van der Waals surface area (Å²) in [5.74, 6) is -1.27. The first-order chi connectivity index (χ1) is 14.0. The van der Waals surface area contributed by atoms with Crippen LogP contribution in [0, 0.1) is 12.7 Å². The fourth-order valence-corrected chi connectivity index (χ4v) is 3.18. The summed E-state index contributed by atoms with van der Waals surface area (Å²) in [6.07, 6.45) is 3.24. The van der Waals surface area contributed by atoms with Crippen LogP contribution in [-0.4, -0.2) is 21.7 Å². The van der Waals surface area contributed by atoms with E-state index in [1.54, 1.807) is 24.5 Å². The molecule has 0 radical (unpaired) electrons. The Balaban J connectivity index is 1.74. The third kappa shape index (κ3) is 3.78. The number of aryl methyl sites for hydroxylation is 1. The highest BCUT2D eigenvalue weighted by molar-refractivity contribution is 6.36. The molecular weight excluding hydrogens is 369 g/mol. The van der Waals surface area contributed by atoms with E-state index in [1.807, 2.05) is 31.2 Å². The van der Waals surface area contributed by atoms with Gasteiger partial charge in [0.25, 0.3) is 11.8 Å². The number of carbonyl (C=O) groups is 2. The molecule has 0 saturated carbocycles. The Bertz CT molecular complexity index is 1090. The number of nitrogens with one attached hydrogen (secondary N) is 1. The van der Waals surface area contributed by atoms with Gasteiger partial charge in [-0.3, -0.25) is 19.5 Å². The van der Waals surface area contributed by atoms with E-state index in [-0.39, 0.29) is 17.8 Å². The number of hydrogen-bond donors (Lipinski definition) is 1. The Hall–Kier alpha value is -3.80. The Morgan fingerprint density at radius 3 is 2.34 bits per heavy atom. The molecule has 4 rings (SSSR count). The number of nitrogens with zero attached hydrogens (tertiary/aromatic N) is 2. The third-order valence-electron chi connectivity index (χ3n) is 4.69. The SMILES string of the molecule is Cc1ccc(NC2=C(c3ccc(F)cc3)C(=O)N(Cc3cccnc3)C2=O)cc1. The second-order valence-corrected chi connectivity index (χ2v) is 6.81. The van der Waals surface area contributed by atoms with Gasteiger partial charge in [0.05, 0.1) is 12.1 Å². The van der Waals surface area contributed by atoms with E-state index in [2.05, 4.69) is 10.3 Å². The zero-order chi connectivity index (χ0) is 20.4. The predicted octanol–water partition coefficient (Wildman–Crippen LogP) is 3.92. The van der Waals surface area contributed by atoms with E-state index in [4.69, 9.17) is 0 Å². The zero-order valence-electron chi connectivity index (χ0n) is 15.7. The van der Waals surface area contributed by atoms with Crippen molar-refractivity contribution < 1.29 is 14.0 Å². The number of carbonyl (C=O) groups excluding carboxylic acids is 2. The summed E-state index contributed by atoms with van der Waals surface area (Å²) >= 11 is 0. The van der Waals surface area contributed by atoms with Gasteiger partial charge in [-0.05, 0) is 48.4 Å². The quantitative estimate of drug-likeness (QED) is 0.674. The smallest absolute Gasteiger partial charge is 0.278 e. The summed E-state index contributed by atoms with van der Waals surface area (Å²) in [6, 6.07) is 16.6. The van der Waals surface area contributed by atoms with Crippen LogP contribution in [-0.2, 0) is 16.1 Å². The van der Waals surface area contributed by atoms with Gasteiger partial charge in [-0.2, -0.15) is 0 Å². The molecule has 1 aromatic heterocycles. The number of rotatable bonds is 5. The summed E-state index contributed by atoms with van der Waals surface area (Å²) in [7, 11) is 0. The van der Waals surface area contributed by atoms with Crippen molar-refractivity contribution in [1.82, 2.24) is 9.88 Å². The Morgan fingerprint density at radius 1 is 0.966 bits per heavy atom. The Labute approximate surface area is 167 Å². The van der Waals surface area contributed by atoms with Crippen molar-refractivity contribution in [3.63, 3.8) is 0 Å². The van der Waals surface area contributed by atoms with Gasteiger partial charge in [0, 0.05) is 18.1 Å². The fraction of sp³-hybridized carbons (Fsp3) is 0.0870. The topological polar surface area (TPSA) is 62.3 Å². The van der Waals surface area contributed by atoms with Gasteiger partial charge in [0.15, 0.2) is 0 Å². The van der Waals surface area contributed by atoms with E-state index in [0.717, 1.165) is 11.1 Å². The van der Waals surface area contributed by atoms with E-state index in [9.17, 15) is 14.0 Å². The first kappa shape index (κ1) is 18.6. The van der Waals surface area contributed by atoms with E-state index >= 15 is 0 Å². The van der Waals surface area contributed by atoms with Crippen molar-refractivity contribution in [2.24, 2.45) is 0 Å². The molecular formula is C23H18FN3O2. The molecule has 0 unspecified atom stereocenters. The maximum atomic E-state index is 13.4. The zero-order valence-corrected chi connectivity index (χ0v) is 15.7. The average molecular weight is 387 g/mol. The van der Waals surface area contributed by atoms with Crippen molar-refractivity contribution in [3.05, 3.63) is 101 Å². The maximum absolute atomic E-state index is 13.4. The molecule has 2 heterocycles. The lowest BCUT2D eigenvalue weighted by molar-refractivity contribution is -0.137. The van der Waals surface area contributed by atoms with E-state index in [0.29, 0.717) is 11.3 Å². The van der Waals surface area contributed by atoms with Gasteiger partial charge in [-0.1, -0.05) is 35.9 Å². The van der Waals surface area contributed by atoms with Crippen LogP contribution in [0.1, 0.15) is 16.7 Å². The summed E-state index contributed by atoms with van der Waals surface area (Å²) in [5.41, 5.74) is 3.39. The molecule has 5 nitrogen and oxygen atoms in total. The number of benzene rings is 2. The standard InChI is InChI=1S/C23H18FN3O2/c1-15-4-10-19(11-5-15)26-21-20(17-6-8-18(24)9-7-17)22(28)27(23(21)29)14-16-3-2-12-25-13-16/h2-13,26H,14H2,1H3. The molecule has 0 aliphatic carbocycles. The van der Waals surface area contributed by atoms with Crippen LogP contribution in [0.5, 0.6) is 0 Å².